The van der Waals surface area contributed by atoms with Gasteiger partial charge in [-0.3, -0.25) is 9.59 Å². The van der Waals surface area contributed by atoms with Crippen molar-refractivity contribution >= 4 is 5.91 Å². The Morgan fingerprint density at radius 1 is 1.14 bits per heavy atom. The fourth-order valence-corrected chi connectivity index (χ4v) is 5.59. The lowest BCUT2D eigenvalue weighted by Crippen LogP contribution is -2.51. The van der Waals surface area contributed by atoms with Crippen molar-refractivity contribution in [2.24, 2.45) is 23.2 Å². The lowest BCUT2D eigenvalue weighted by Gasteiger charge is -2.56. The average molecular weight is 300 g/mol. The first-order valence-electron chi connectivity index (χ1n) is 8.54. The third-order valence-corrected chi connectivity index (χ3v) is 6.04. The third kappa shape index (κ3) is 2.59. The molecule has 0 aliphatic heterocycles. The molecule has 4 saturated carbocycles. The van der Waals surface area contributed by atoms with Gasteiger partial charge in [0.25, 0.3) is 5.56 Å². The van der Waals surface area contributed by atoms with Gasteiger partial charge in [-0.05, 0) is 67.8 Å². The Balaban J connectivity index is 1.37. The average Bonchev–Trinajstić information content (AvgIpc) is 2.46. The number of amides is 1. The van der Waals surface area contributed by atoms with Gasteiger partial charge < -0.3 is 9.88 Å². The van der Waals surface area contributed by atoms with E-state index in [1.165, 1.54) is 49.2 Å². The molecule has 0 saturated heterocycles. The van der Waals surface area contributed by atoms with Crippen molar-refractivity contribution < 1.29 is 4.79 Å². The van der Waals surface area contributed by atoms with Crippen molar-refractivity contribution in [2.45, 2.75) is 45.1 Å². The summed E-state index contributed by atoms with van der Waals surface area (Å²) >= 11 is 0. The number of carbonyl (C=O) groups excluding carboxylic acids is 1. The van der Waals surface area contributed by atoms with Crippen molar-refractivity contribution in [1.82, 2.24) is 9.88 Å². The zero-order valence-electron chi connectivity index (χ0n) is 13.0. The van der Waals surface area contributed by atoms with E-state index in [1.54, 1.807) is 18.3 Å². The molecule has 0 atom stereocenters. The molecule has 5 rings (SSSR count). The summed E-state index contributed by atoms with van der Waals surface area (Å²) in [4.78, 5) is 23.9. The van der Waals surface area contributed by atoms with Crippen LogP contribution in [0.2, 0.25) is 0 Å². The highest BCUT2D eigenvalue weighted by atomic mass is 16.2. The molecule has 4 bridgehead atoms. The molecule has 0 aromatic carbocycles. The maximum atomic E-state index is 12.2. The zero-order chi connectivity index (χ0) is 15.2. The summed E-state index contributed by atoms with van der Waals surface area (Å²) in [5.41, 5.74) is 0.235. The number of carbonyl (C=O) groups is 1. The van der Waals surface area contributed by atoms with Gasteiger partial charge >= 0.3 is 0 Å². The van der Waals surface area contributed by atoms with Crippen LogP contribution in [-0.2, 0) is 11.3 Å². The molecule has 1 aromatic heterocycles. The van der Waals surface area contributed by atoms with Gasteiger partial charge in [0.15, 0.2) is 0 Å². The van der Waals surface area contributed by atoms with Crippen molar-refractivity contribution in [3.05, 3.63) is 34.7 Å². The summed E-state index contributed by atoms with van der Waals surface area (Å²) in [5, 5.41) is 3.12. The van der Waals surface area contributed by atoms with Crippen LogP contribution in [0, 0.1) is 23.2 Å². The molecule has 22 heavy (non-hydrogen) atoms. The molecule has 118 valence electrons. The monoisotopic (exact) mass is 300 g/mol. The Kier molecular flexibility index (Phi) is 3.35. The molecule has 4 aliphatic carbocycles. The molecule has 4 nitrogen and oxygen atoms in total. The standard InChI is InChI=1S/C18H24N2O2/c21-16(11-20-4-2-1-3-17(20)22)19-12-18-8-13-5-14(9-18)7-15(6-13)10-18/h1-4,13-15H,5-12H2,(H,19,21). The van der Waals surface area contributed by atoms with E-state index in [2.05, 4.69) is 5.32 Å². The highest BCUT2D eigenvalue weighted by Gasteiger charge is 2.50. The number of nitrogens with zero attached hydrogens (tertiary/aromatic N) is 1. The Labute approximate surface area is 130 Å². The second kappa shape index (κ2) is 5.25. The predicted octanol–water partition coefficient (Wildman–Crippen LogP) is 2.18. The lowest BCUT2D eigenvalue weighted by molar-refractivity contribution is -0.123. The van der Waals surface area contributed by atoms with Crippen molar-refractivity contribution in [3.8, 4) is 0 Å². The van der Waals surface area contributed by atoms with Gasteiger partial charge in [-0.25, -0.2) is 0 Å². The van der Waals surface area contributed by atoms with Gasteiger partial charge in [-0.2, -0.15) is 0 Å². The van der Waals surface area contributed by atoms with E-state index >= 15 is 0 Å². The first-order chi connectivity index (χ1) is 10.6. The largest absolute Gasteiger partial charge is 0.354 e. The smallest absolute Gasteiger partial charge is 0.250 e. The van der Waals surface area contributed by atoms with Gasteiger partial charge in [0.1, 0.15) is 6.54 Å². The SMILES string of the molecule is O=C(Cn1ccccc1=O)NCC12CC3CC(CC(C3)C1)C2. The van der Waals surface area contributed by atoms with Gasteiger partial charge in [-0.15, -0.1) is 0 Å². The molecule has 1 aromatic rings. The Morgan fingerprint density at radius 2 is 1.77 bits per heavy atom. The topological polar surface area (TPSA) is 51.1 Å². The maximum Gasteiger partial charge on any atom is 0.250 e. The molecule has 4 fully saturated rings. The predicted molar refractivity (Wildman–Crippen MR) is 84.3 cm³/mol. The Morgan fingerprint density at radius 3 is 2.36 bits per heavy atom. The zero-order valence-corrected chi connectivity index (χ0v) is 13.0. The quantitative estimate of drug-likeness (QED) is 0.926. The Hall–Kier alpha value is -1.58. The minimum absolute atomic E-state index is 0.0379. The van der Waals surface area contributed by atoms with Crippen LogP contribution in [0.15, 0.2) is 29.2 Å². The minimum atomic E-state index is -0.118. The van der Waals surface area contributed by atoms with E-state index in [0.717, 1.165) is 24.3 Å². The number of pyridine rings is 1. The molecule has 4 heteroatoms. The van der Waals surface area contributed by atoms with Crippen molar-refractivity contribution in [2.75, 3.05) is 6.54 Å². The lowest BCUT2D eigenvalue weighted by atomic mass is 9.49. The van der Waals surface area contributed by atoms with Crippen LogP contribution in [0.5, 0.6) is 0 Å². The van der Waals surface area contributed by atoms with Crippen LogP contribution in [0.25, 0.3) is 0 Å². The van der Waals surface area contributed by atoms with Crippen LogP contribution in [0.4, 0.5) is 0 Å². The number of hydrogen-bond donors (Lipinski definition) is 1. The summed E-state index contributed by atoms with van der Waals surface area (Å²) in [7, 11) is 0. The van der Waals surface area contributed by atoms with E-state index in [1.807, 2.05) is 0 Å². The summed E-state index contributed by atoms with van der Waals surface area (Å²) in [6, 6.07) is 4.98. The van der Waals surface area contributed by atoms with Gasteiger partial charge in [0.05, 0.1) is 0 Å². The maximum absolute atomic E-state index is 12.2. The second-order valence-electron chi connectivity index (χ2n) is 7.86. The molecular weight excluding hydrogens is 276 g/mol. The van der Waals surface area contributed by atoms with E-state index in [4.69, 9.17) is 0 Å². The highest BCUT2D eigenvalue weighted by Crippen LogP contribution is 2.59. The van der Waals surface area contributed by atoms with Gasteiger partial charge in [0.2, 0.25) is 5.91 Å². The van der Waals surface area contributed by atoms with Crippen molar-refractivity contribution in [1.29, 1.82) is 0 Å². The highest BCUT2D eigenvalue weighted by molar-refractivity contribution is 5.75. The molecule has 0 unspecified atom stereocenters. The molecule has 1 heterocycles. The number of hydrogen-bond acceptors (Lipinski definition) is 2. The van der Waals surface area contributed by atoms with Crippen LogP contribution < -0.4 is 10.9 Å². The summed E-state index contributed by atoms with van der Waals surface area (Å²) < 4.78 is 1.47. The van der Waals surface area contributed by atoms with Crippen molar-refractivity contribution in [3.63, 3.8) is 0 Å². The molecule has 1 amide bonds. The van der Waals surface area contributed by atoms with Crippen LogP contribution in [0.1, 0.15) is 38.5 Å². The first-order valence-corrected chi connectivity index (χ1v) is 8.54. The third-order valence-electron chi connectivity index (χ3n) is 6.04. The van der Waals surface area contributed by atoms with E-state index in [-0.39, 0.29) is 18.0 Å². The molecular formula is C18H24N2O2. The molecule has 1 N–H and O–H groups in total. The normalized spacial score (nSPS) is 35.5. The second-order valence-corrected chi connectivity index (χ2v) is 7.86. The van der Waals surface area contributed by atoms with Crippen LogP contribution >= 0.6 is 0 Å². The van der Waals surface area contributed by atoms with E-state index in [0.29, 0.717) is 5.41 Å². The molecule has 4 aliphatic rings. The Bertz CT molecular complexity index is 599. The fourth-order valence-electron chi connectivity index (χ4n) is 5.59. The summed E-state index contributed by atoms with van der Waals surface area (Å²) in [6.45, 7) is 0.933. The van der Waals surface area contributed by atoms with Crippen LogP contribution in [-0.4, -0.2) is 17.0 Å². The number of rotatable bonds is 4. The molecule has 0 radical (unpaired) electrons. The van der Waals surface area contributed by atoms with Crippen LogP contribution in [0.3, 0.4) is 0 Å². The molecule has 0 spiro atoms. The summed E-state index contributed by atoms with van der Waals surface area (Å²) in [5.74, 6) is 2.67. The summed E-state index contributed by atoms with van der Waals surface area (Å²) in [6.07, 6.45) is 9.83. The number of nitrogens with one attached hydrogen (secondary N) is 1. The van der Waals surface area contributed by atoms with Gasteiger partial charge in [0, 0.05) is 18.8 Å². The number of aromatic nitrogens is 1. The van der Waals surface area contributed by atoms with Gasteiger partial charge in [-0.1, -0.05) is 6.07 Å². The first kappa shape index (κ1) is 14.0. The minimum Gasteiger partial charge on any atom is -0.354 e. The fraction of sp³-hybridized carbons (Fsp3) is 0.667. The van der Waals surface area contributed by atoms with E-state index in [9.17, 15) is 9.59 Å². The van der Waals surface area contributed by atoms with E-state index < -0.39 is 0 Å².